The molecule has 1 amide bonds. The van der Waals surface area contributed by atoms with Gasteiger partial charge in [0.2, 0.25) is 0 Å². The lowest BCUT2D eigenvalue weighted by Crippen LogP contribution is -2.32. The van der Waals surface area contributed by atoms with Gasteiger partial charge in [0.05, 0.1) is 6.04 Å². The van der Waals surface area contributed by atoms with Crippen LogP contribution in [0.1, 0.15) is 44.9 Å². The third-order valence-corrected chi connectivity index (χ3v) is 6.04. The molecule has 0 aromatic carbocycles. The van der Waals surface area contributed by atoms with E-state index in [1.807, 2.05) is 33.8 Å². The number of carbonyl (C=O) groups excluding carboxylic acids is 1. The molecule has 114 valence electrons. The Morgan fingerprint density at radius 2 is 1.95 bits per heavy atom. The van der Waals surface area contributed by atoms with Crippen molar-refractivity contribution in [2.24, 2.45) is 21.2 Å². The molecule has 0 bridgehead atoms. The Morgan fingerprint density at radius 3 is 2.40 bits per heavy atom. The van der Waals surface area contributed by atoms with Gasteiger partial charge < -0.3 is 5.73 Å². The molecule has 0 radical (unpaired) electrons. The maximum atomic E-state index is 12.4. The van der Waals surface area contributed by atoms with Crippen molar-refractivity contribution in [2.45, 2.75) is 50.3 Å². The smallest absolute Gasteiger partial charge is 0.271 e. The molecule has 0 saturated carbocycles. The van der Waals surface area contributed by atoms with E-state index < -0.39 is 21.9 Å². The second-order valence-electron chi connectivity index (χ2n) is 5.55. The van der Waals surface area contributed by atoms with Crippen molar-refractivity contribution in [1.29, 1.82) is 0 Å². The molecule has 0 aliphatic heterocycles. The summed E-state index contributed by atoms with van der Waals surface area (Å²) in [6, 6.07) is 2.79. The maximum absolute atomic E-state index is 12.4. The van der Waals surface area contributed by atoms with E-state index in [1.54, 1.807) is 6.07 Å². The molecule has 1 aromatic rings. The molecular weight excluding hydrogens is 294 g/mol. The van der Waals surface area contributed by atoms with Crippen LogP contribution in [0.15, 0.2) is 20.7 Å². The number of hydrogen-bond donors (Lipinski definition) is 2. The molecule has 1 rings (SSSR count). The Morgan fingerprint density at radius 1 is 1.35 bits per heavy atom. The number of rotatable bonds is 5. The van der Waals surface area contributed by atoms with Crippen LogP contribution in [0.4, 0.5) is 0 Å². The Kier molecular flexibility index (Phi) is 5.88. The Hall–Kier alpha value is -0.760. The minimum Gasteiger partial charge on any atom is -0.320 e. The van der Waals surface area contributed by atoms with E-state index >= 15 is 0 Å². The van der Waals surface area contributed by atoms with E-state index in [4.69, 9.17) is 10.9 Å². The number of nitrogens with two attached hydrogens (primary N) is 2. The zero-order chi connectivity index (χ0) is 15.5. The molecule has 0 aliphatic rings. The van der Waals surface area contributed by atoms with Gasteiger partial charge in [-0.2, -0.15) is 0 Å². The van der Waals surface area contributed by atoms with Gasteiger partial charge in [0.1, 0.15) is 4.21 Å². The Bertz CT molecular complexity index is 584. The summed E-state index contributed by atoms with van der Waals surface area (Å²) in [4.78, 5) is 12.9. The van der Waals surface area contributed by atoms with Gasteiger partial charge in [-0.1, -0.05) is 27.7 Å². The van der Waals surface area contributed by atoms with Crippen LogP contribution < -0.4 is 10.9 Å². The molecule has 0 spiro atoms. The highest BCUT2D eigenvalue weighted by Crippen LogP contribution is 2.27. The minimum absolute atomic E-state index is 0.271. The van der Waals surface area contributed by atoms with Crippen LogP contribution in [0.25, 0.3) is 0 Å². The topological polar surface area (TPSA) is 98.5 Å². The third kappa shape index (κ3) is 4.66. The summed E-state index contributed by atoms with van der Waals surface area (Å²) in [5.41, 5.74) is 5.74. The van der Waals surface area contributed by atoms with Crippen molar-refractivity contribution in [3.8, 4) is 0 Å². The van der Waals surface area contributed by atoms with Crippen LogP contribution in [0.5, 0.6) is 0 Å². The summed E-state index contributed by atoms with van der Waals surface area (Å²) in [5.74, 6) is 0.000745. The zero-order valence-electron chi connectivity index (χ0n) is 12.3. The normalized spacial score (nSPS) is 16.2. The Labute approximate surface area is 125 Å². The predicted molar refractivity (Wildman–Crippen MR) is 83.9 cm³/mol. The Balaban J connectivity index is 2.99. The fourth-order valence-electron chi connectivity index (χ4n) is 1.66. The van der Waals surface area contributed by atoms with E-state index in [-0.39, 0.29) is 5.92 Å². The highest BCUT2D eigenvalue weighted by Gasteiger charge is 2.19. The number of nitrogens with zero attached hydrogens (tertiary/aromatic N) is 1. The quantitative estimate of drug-likeness (QED) is 0.872. The van der Waals surface area contributed by atoms with E-state index in [2.05, 4.69) is 4.36 Å². The largest absolute Gasteiger partial charge is 0.320 e. The summed E-state index contributed by atoms with van der Waals surface area (Å²) in [6.45, 7) is 7.99. The molecule has 1 aromatic heterocycles. The second-order valence-corrected chi connectivity index (χ2v) is 8.68. The van der Waals surface area contributed by atoms with E-state index in [1.165, 1.54) is 11.3 Å². The van der Waals surface area contributed by atoms with Crippen molar-refractivity contribution in [3.05, 3.63) is 17.0 Å². The van der Waals surface area contributed by atoms with Crippen molar-refractivity contribution in [3.63, 3.8) is 0 Å². The summed E-state index contributed by atoms with van der Waals surface area (Å²) in [5, 5.41) is 5.72. The summed E-state index contributed by atoms with van der Waals surface area (Å²) in [7, 11) is -3.19. The molecule has 20 heavy (non-hydrogen) atoms. The first kappa shape index (κ1) is 17.3. The first-order valence-electron chi connectivity index (χ1n) is 6.57. The van der Waals surface area contributed by atoms with Crippen LogP contribution in [-0.2, 0) is 14.7 Å². The molecule has 0 fully saturated rings. The van der Waals surface area contributed by atoms with Crippen molar-refractivity contribution < 1.29 is 9.00 Å². The molecule has 4 N–H and O–H groups in total. The van der Waals surface area contributed by atoms with Gasteiger partial charge in [0.15, 0.2) is 9.92 Å². The molecular formula is C13H23N3O2S2. The minimum atomic E-state index is -3.19. The number of amides is 1. The second kappa shape index (κ2) is 6.80. The number of carbonyl (C=O) groups is 1. The first-order chi connectivity index (χ1) is 9.13. The van der Waals surface area contributed by atoms with Gasteiger partial charge in [-0.3, -0.25) is 4.79 Å². The van der Waals surface area contributed by atoms with Gasteiger partial charge in [0.25, 0.3) is 5.91 Å². The average molecular weight is 317 g/mol. The van der Waals surface area contributed by atoms with Crippen molar-refractivity contribution in [1.82, 2.24) is 0 Å². The third-order valence-electron chi connectivity index (χ3n) is 2.73. The number of thiophene rings is 1. The summed E-state index contributed by atoms with van der Waals surface area (Å²) < 4.78 is 16.4. The van der Waals surface area contributed by atoms with Crippen LogP contribution in [0.2, 0.25) is 0 Å². The number of hydrogen-bond acceptors (Lipinski definition) is 4. The van der Waals surface area contributed by atoms with Gasteiger partial charge in [-0.05, 0) is 30.4 Å². The molecule has 1 heterocycles. The highest BCUT2D eigenvalue weighted by atomic mass is 32.2. The molecule has 5 nitrogen and oxygen atoms in total. The van der Waals surface area contributed by atoms with Crippen LogP contribution >= 0.6 is 11.3 Å². The summed E-state index contributed by atoms with van der Waals surface area (Å²) in [6.07, 6.45) is 0.500. The van der Waals surface area contributed by atoms with Crippen molar-refractivity contribution in [2.75, 3.05) is 0 Å². The zero-order valence-corrected chi connectivity index (χ0v) is 14.0. The highest BCUT2D eigenvalue weighted by molar-refractivity contribution is 7.93. The summed E-state index contributed by atoms with van der Waals surface area (Å²) >= 11 is 1.33. The SMILES string of the molecule is CC(C)C[C@H](N)C(=O)N=S(N)(=O)c1ccc(C(C)C)s1. The maximum Gasteiger partial charge on any atom is 0.271 e. The molecule has 1 unspecified atom stereocenters. The van der Waals surface area contributed by atoms with Gasteiger partial charge in [-0.25, -0.2) is 9.35 Å². The lowest BCUT2D eigenvalue weighted by Gasteiger charge is -2.10. The monoisotopic (exact) mass is 317 g/mol. The first-order valence-corrected chi connectivity index (χ1v) is 8.97. The molecule has 2 atom stereocenters. The predicted octanol–water partition coefficient (Wildman–Crippen LogP) is 2.47. The van der Waals surface area contributed by atoms with E-state index in [0.29, 0.717) is 16.5 Å². The van der Waals surface area contributed by atoms with Crippen LogP contribution in [0.3, 0.4) is 0 Å². The fraction of sp³-hybridized carbons (Fsp3) is 0.615. The van der Waals surface area contributed by atoms with Gasteiger partial charge >= 0.3 is 0 Å². The average Bonchev–Trinajstić information content (AvgIpc) is 2.77. The standard InChI is InChI=1S/C13H23N3O2S2/c1-8(2)7-10(14)13(17)16-20(15,18)12-6-5-11(19-12)9(3)4/h5-6,8-10H,7,14H2,1-4H3,(H2,15,16,17,18)/t10-,20?/m0/s1. The molecule has 0 saturated heterocycles. The van der Waals surface area contributed by atoms with Gasteiger partial charge in [0, 0.05) is 4.88 Å². The van der Waals surface area contributed by atoms with Crippen LogP contribution in [0, 0.1) is 5.92 Å². The van der Waals surface area contributed by atoms with Crippen LogP contribution in [-0.4, -0.2) is 16.2 Å². The molecule has 0 aliphatic carbocycles. The van der Waals surface area contributed by atoms with Crippen molar-refractivity contribution >= 4 is 27.2 Å². The van der Waals surface area contributed by atoms with E-state index in [9.17, 15) is 9.00 Å². The lowest BCUT2D eigenvalue weighted by molar-refractivity contribution is -0.119. The fourth-order valence-corrected chi connectivity index (χ4v) is 4.03. The molecule has 7 heteroatoms. The van der Waals surface area contributed by atoms with E-state index in [0.717, 1.165) is 4.88 Å². The van der Waals surface area contributed by atoms with Gasteiger partial charge in [-0.15, -0.1) is 15.7 Å². The lowest BCUT2D eigenvalue weighted by atomic mass is 10.0.